The number of halogens is 1. The Hall–Kier alpha value is -0.920. The normalized spacial score (nSPS) is 19.5. The van der Waals surface area contributed by atoms with E-state index in [1.807, 2.05) is 11.8 Å². The Bertz CT molecular complexity index is 568. The maximum absolute atomic E-state index is 12.9. The maximum Gasteiger partial charge on any atom is 0.261 e. The molecule has 1 aliphatic rings. The molecular formula is C16H22BrN3O2S. The van der Waals surface area contributed by atoms with Crippen LogP contribution in [-0.4, -0.2) is 52.5 Å². The highest BCUT2D eigenvalue weighted by Crippen LogP contribution is 2.28. The van der Waals surface area contributed by atoms with Gasteiger partial charge in [-0.1, -0.05) is 18.7 Å². The highest BCUT2D eigenvalue weighted by Gasteiger charge is 2.34. The maximum atomic E-state index is 12.9. The predicted octanol–water partition coefficient (Wildman–Crippen LogP) is 3.59. The third kappa shape index (κ3) is 5.02. The minimum Gasteiger partial charge on any atom is -0.382 e. The van der Waals surface area contributed by atoms with Crippen LogP contribution in [0.15, 0.2) is 27.9 Å². The number of amidine groups is 1. The van der Waals surface area contributed by atoms with Gasteiger partial charge < -0.3 is 4.74 Å². The molecule has 0 saturated carbocycles. The molecule has 2 heterocycles. The van der Waals surface area contributed by atoms with Gasteiger partial charge in [0.15, 0.2) is 5.17 Å². The fraction of sp³-hybridized carbons (Fsp3) is 0.562. The predicted molar refractivity (Wildman–Crippen MR) is 98.1 cm³/mol. The molecule has 1 aliphatic heterocycles. The van der Waals surface area contributed by atoms with Crippen LogP contribution < -0.4 is 0 Å². The number of carbonyl (C=O) groups is 1. The zero-order valence-corrected chi connectivity index (χ0v) is 15.9. The number of ether oxygens (including phenoxy) is 1. The van der Waals surface area contributed by atoms with E-state index < -0.39 is 0 Å². The molecule has 1 unspecified atom stereocenters. The second-order valence-electron chi connectivity index (χ2n) is 5.15. The van der Waals surface area contributed by atoms with E-state index in [9.17, 15) is 4.79 Å². The van der Waals surface area contributed by atoms with Gasteiger partial charge in [0.2, 0.25) is 0 Å². The summed E-state index contributed by atoms with van der Waals surface area (Å²) in [7, 11) is 0. The highest BCUT2D eigenvalue weighted by molar-refractivity contribution is 9.10. The summed E-state index contributed by atoms with van der Waals surface area (Å²) < 4.78 is 6.13. The first-order valence-corrected chi connectivity index (χ1v) is 9.64. The average Bonchev–Trinajstić information content (AvgIpc) is 2.97. The molecule has 0 N–H and O–H groups in total. The second-order valence-corrected chi connectivity index (χ2v) is 7.06. The molecule has 1 aromatic heterocycles. The monoisotopic (exact) mass is 399 g/mol. The highest BCUT2D eigenvalue weighted by atomic mass is 79.9. The van der Waals surface area contributed by atoms with Gasteiger partial charge in [0, 0.05) is 48.4 Å². The van der Waals surface area contributed by atoms with Gasteiger partial charge in [-0.05, 0) is 41.8 Å². The van der Waals surface area contributed by atoms with Crippen molar-refractivity contribution in [2.24, 2.45) is 4.99 Å². The topological polar surface area (TPSA) is 54.8 Å². The van der Waals surface area contributed by atoms with Gasteiger partial charge >= 0.3 is 0 Å². The van der Waals surface area contributed by atoms with Crippen molar-refractivity contribution in [3.05, 3.63) is 28.5 Å². The third-order valence-electron chi connectivity index (χ3n) is 3.52. The van der Waals surface area contributed by atoms with Crippen LogP contribution in [0.3, 0.4) is 0 Å². The van der Waals surface area contributed by atoms with Crippen LogP contribution in [0.5, 0.6) is 0 Å². The van der Waals surface area contributed by atoms with Gasteiger partial charge in [0.25, 0.3) is 5.91 Å². The number of aliphatic imine (C=N–C) groups is 1. The molecule has 0 bridgehead atoms. The largest absolute Gasteiger partial charge is 0.382 e. The van der Waals surface area contributed by atoms with Crippen LogP contribution in [0.4, 0.5) is 0 Å². The Balaban J connectivity index is 2.10. The van der Waals surface area contributed by atoms with E-state index >= 15 is 0 Å². The van der Waals surface area contributed by atoms with Gasteiger partial charge in [-0.2, -0.15) is 0 Å². The Kier molecular flexibility index (Phi) is 7.52. The molecule has 23 heavy (non-hydrogen) atoms. The van der Waals surface area contributed by atoms with Gasteiger partial charge in [-0.25, -0.2) is 0 Å². The summed E-state index contributed by atoms with van der Waals surface area (Å²) in [6.07, 6.45) is 5.07. The Morgan fingerprint density at radius 1 is 1.52 bits per heavy atom. The van der Waals surface area contributed by atoms with Crippen molar-refractivity contribution in [3.63, 3.8) is 0 Å². The zero-order chi connectivity index (χ0) is 16.7. The first-order valence-electron chi connectivity index (χ1n) is 7.86. The number of pyridine rings is 1. The smallest absolute Gasteiger partial charge is 0.261 e. The number of hydrogen-bond donors (Lipinski definition) is 0. The van der Waals surface area contributed by atoms with Crippen LogP contribution >= 0.6 is 27.7 Å². The molecular weight excluding hydrogens is 378 g/mol. The first-order chi connectivity index (χ1) is 11.2. The van der Waals surface area contributed by atoms with E-state index in [0.29, 0.717) is 18.7 Å². The van der Waals surface area contributed by atoms with Gasteiger partial charge in [-0.3, -0.25) is 19.7 Å². The van der Waals surface area contributed by atoms with Gasteiger partial charge in [-0.15, -0.1) is 0 Å². The van der Waals surface area contributed by atoms with E-state index in [2.05, 4.69) is 32.8 Å². The Morgan fingerprint density at radius 3 is 3.04 bits per heavy atom. The number of carbonyl (C=O) groups excluding carboxylic acids is 1. The van der Waals surface area contributed by atoms with E-state index in [0.717, 1.165) is 34.8 Å². The Morgan fingerprint density at radius 2 is 2.35 bits per heavy atom. The summed E-state index contributed by atoms with van der Waals surface area (Å²) >= 11 is 5.03. The quantitative estimate of drug-likeness (QED) is 0.657. The molecule has 2 rings (SSSR count). The Labute approximate surface area is 150 Å². The van der Waals surface area contributed by atoms with Crippen molar-refractivity contribution in [2.45, 2.75) is 32.7 Å². The summed E-state index contributed by atoms with van der Waals surface area (Å²) in [4.78, 5) is 23.4. The van der Waals surface area contributed by atoms with Crippen LogP contribution in [0, 0.1) is 0 Å². The molecule has 5 nitrogen and oxygen atoms in total. The fourth-order valence-corrected chi connectivity index (χ4v) is 3.94. The SMILES string of the molecule is CCOCCCN=C1SCC(CC)N1C(=O)c1cncc(Br)c1. The minimum absolute atomic E-state index is 0.0285. The molecule has 0 spiro atoms. The molecule has 0 aromatic carbocycles. The number of thioether (sulfide) groups is 1. The summed E-state index contributed by atoms with van der Waals surface area (Å²) in [5, 5.41) is 0.818. The van der Waals surface area contributed by atoms with Crippen LogP contribution in [0.2, 0.25) is 0 Å². The number of rotatable bonds is 7. The van der Waals surface area contributed by atoms with E-state index in [1.54, 1.807) is 30.2 Å². The zero-order valence-electron chi connectivity index (χ0n) is 13.5. The van der Waals surface area contributed by atoms with Crippen molar-refractivity contribution in [3.8, 4) is 0 Å². The number of aromatic nitrogens is 1. The molecule has 0 aliphatic carbocycles. The molecule has 7 heteroatoms. The van der Waals surface area contributed by atoms with Crippen molar-refractivity contribution >= 4 is 38.8 Å². The van der Waals surface area contributed by atoms with Gasteiger partial charge in [0.1, 0.15) is 0 Å². The molecule has 1 amide bonds. The standard InChI is InChI=1S/C16H22BrN3O2S/c1-3-14-11-23-16(19-6-5-7-22-4-2)20(14)15(21)12-8-13(17)10-18-9-12/h8-10,14H,3-7,11H2,1-2H3. The molecule has 126 valence electrons. The van der Waals surface area contributed by atoms with Crippen molar-refractivity contribution in [1.29, 1.82) is 0 Å². The summed E-state index contributed by atoms with van der Waals surface area (Å²) in [6, 6.07) is 2.00. The number of nitrogens with zero attached hydrogens (tertiary/aromatic N) is 3. The minimum atomic E-state index is -0.0285. The fourth-order valence-electron chi connectivity index (χ4n) is 2.30. The van der Waals surface area contributed by atoms with E-state index in [-0.39, 0.29) is 11.9 Å². The third-order valence-corrected chi connectivity index (χ3v) is 5.09. The lowest BCUT2D eigenvalue weighted by atomic mass is 10.2. The molecule has 1 fully saturated rings. The lowest BCUT2D eigenvalue weighted by Gasteiger charge is -2.23. The molecule has 0 radical (unpaired) electrons. The van der Waals surface area contributed by atoms with E-state index in [1.165, 1.54) is 0 Å². The lowest BCUT2D eigenvalue weighted by molar-refractivity contribution is 0.0818. The molecule has 1 saturated heterocycles. The van der Waals surface area contributed by atoms with Gasteiger partial charge in [0.05, 0.1) is 5.56 Å². The molecule has 1 aromatic rings. The van der Waals surface area contributed by atoms with E-state index in [4.69, 9.17) is 4.74 Å². The van der Waals surface area contributed by atoms with Crippen molar-refractivity contribution in [1.82, 2.24) is 9.88 Å². The molecule has 1 atom stereocenters. The van der Waals surface area contributed by atoms with Crippen molar-refractivity contribution < 1.29 is 9.53 Å². The van der Waals surface area contributed by atoms with Crippen LogP contribution in [0.1, 0.15) is 37.0 Å². The summed E-state index contributed by atoms with van der Waals surface area (Å²) in [5.41, 5.74) is 0.586. The van der Waals surface area contributed by atoms with Crippen molar-refractivity contribution in [2.75, 3.05) is 25.5 Å². The van der Waals surface area contributed by atoms with Crippen LogP contribution in [0.25, 0.3) is 0 Å². The number of hydrogen-bond acceptors (Lipinski definition) is 5. The lowest BCUT2D eigenvalue weighted by Crippen LogP contribution is -2.39. The summed E-state index contributed by atoms with van der Waals surface area (Å²) in [6.45, 7) is 6.20. The summed E-state index contributed by atoms with van der Waals surface area (Å²) in [5.74, 6) is 0.868. The number of amides is 1. The first kappa shape index (κ1) is 18.4. The second kappa shape index (κ2) is 9.39. The van der Waals surface area contributed by atoms with Crippen LogP contribution in [-0.2, 0) is 4.74 Å². The average molecular weight is 400 g/mol.